The van der Waals surface area contributed by atoms with Crippen molar-refractivity contribution in [3.05, 3.63) is 0 Å². The summed E-state index contributed by atoms with van der Waals surface area (Å²) >= 11 is 0. The second-order valence-corrected chi connectivity index (χ2v) is 4.85. The van der Waals surface area contributed by atoms with Gasteiger partial charge in [0.25, 0.3) is 0 Å². The predicted octanol–water partition coefficient (Wildman–Crippen LogP) is 2.77. The van der Waals surface area contributed by atoms with E-state index in [9.17, 15) is 0 Å². The van der Waals surface area contributed by atoms with Gasteiger partial charge in [0.15, 0.2) is 0 Å². The number of likely N-dealkylation sites (tertiary alicyclic amines) is 1. The Kier molecular flexibility index (Phi) is 5.81. The first-order valence-electron chi connectivity index (χ1n) is 5.51. The van der Waals surface area contributed by atoms with E-state index >= 15 is 0 Å². The minimum atomic E-state index is 0. The van der Waals surface area contributed by atoms with E-state index in [0.717, 1.165) is 17.9 Å². The summed E-state index contributed by atoms with van der Waals surface area (Å²) in [4.78, 5) is 2.67. The van der Waals surface area contributed by atoms with Crippen molar-refractivity contribution >= 4 is 8.41 Å². The maximum absolute atomic E-state index is 2.67. The van der Waals surface area contributed by atoms with E-state index in [0.29, 0.717) is 0 Å². The quantitative estimate of drug-likeness (QED) is 0.580. The van der Waals surface area contributed by atoms with Gasteiger partial charge in [0, 0.05) is 27.5 Å². The molecule has 2 aliphatic rings. The van der Waals surface area contributed by atoms with Gasteiger partial charge in [-0.3, -0.25) is 0 Å². The van der Waals surface area contributed by atoms with Crippen LogP contribution in [0.1, 0.15) is 47.0 Å². The smallest absolute Gasteiger partial charge is 0.00388 e. The Hall–Kier alpha value is 0.0249. The van der Waals surface area contributed by atoms with Crippen LogP contribution in [0.25, 0.3) is 0 Å². The first kappa shape index (κ1) is 14.0. The van der Waals surface area contributed by atoms with Gasteiger partial charge in [-0.15, -0.1) is 0 Å². The Morgan fingerprint density at radius 3 is 1.79 bits per heavy atom. The molecule has 2 fully saturated rings. The van der Waals surface area contributed by atoms with Gasteiger partial charge in [-0.25, -0.2) is 0 Å². The highest BCUT2D eigenvalue weighted by molar-refractivity contribution is 5.75. The van der Waals surface area contributed by atoms with Crippen molar-refractivity contribution in [3.8, 4) is 0 Å². The van der Waals surface area contributed by atoms with Crippen LogP contribution >= 0.6 is 0 Å². The number of nitrogens with zero attached hydrogens (tertiary/aromatic N) is 1. The summed E-state index contributed by atoms with van der Waals surface area (Å²) in [5, 5.41) is 0. The number of hydrogen-bond donors (Lipinski definition) is 0. The lowest BCUT2D eigenvalue weighted by atomic mass is 9.82. The third-order valence-electron chi connectivity index (χ3n) is 3.73. The average Bonchev–Trinajstić information content (AvgIpc) is 2.46. The fourth-order valence-electron chi connectivity index (χ4n) is 2.86. The highest BCUT2D eigenvalue weighted by Crippen LogP contribution is 2.36. The van der Waals surface area contributed by atoms with Crippen LogP contribution in [-0.4, -0.2) is 32.4 Å². The normalized spacial score (nSPS) is 31.9. The van der Waals surface area contributed by atoms with Gasteiger partial charge < -0.3 is 4.90 Å². The van der Waals surface area contributed by atoms with E-state index in [1.807, 2.05) is 0 Å². The maximum atomic E-state index is 2.67. The highest BCUT2D eigenvalue weighted by Gasteiger charge is 2.34. The van der Waals surface area contributed by atoms with Crippen LogP contribution in [0.15, 0.2) is 0 Å². The number of rotatable bonds is 1. The molecule has 1 aliphatic heterocycles. The van der Waals surface area contributed by atoms with E-state index in [4.69, 9.17) is 0 Å². The zero-order chi connectivity index (χ0) is 8.55. The van der Waals surface area contributed by atoms with E-state index < -0.39 is 0 Å². The Bertz CT molecular complexity index is 144. The predicted molar refractivity (Wildman–Crippen MR) is 64.6 cm³/mol. The Morgan fingerprint density at radius 2 is 1.43 bits per heavy atom. The molecule has 1 saturated heterocycles. The minimum absolute atomic E-state index is 0. The average molecular weight is 194 g/mol. The van der Waals surface area contributed by atoms with Crippen molar-refractivity contribution in [3.63, 3.8) is 0 Å². The van der Waals surface area contributed by atoms with Gasteiger partial charge in [-0.05, 0) is 38.5 Å². The van der Waals surface area contributed by atoms with Gasteiger partial charge in [0.1, 0.15) is 0 Å². The molecule has 81 valence electrons. The van der Waals surface area contributed by atoms with Crippen molar-refractivity contribution in [1.29, 1.82) is 0 Å². The molecule has 2 rings (SSSR count). The lowest BCUT2D eigenvalue weighted by Gasteiger charge is -2.23. The van der Waals surface area contributed by atoms with Crippen LogP contribution in [0.2, 0.25) is 0 Å². The summed E-state index contributed by atoms with van der Waals surface area (Å²) in [6, 6.07) is 0.774. The third kappa shape index (κ3) is 2.76. The van der Waals surface area contributed by atoms with Crippen molar-refractivity contribution in [2.75, 3.05) is 13.1 Å². The molecule has 0 aromatic heterocycles. The molecule has 0 N–H and O–H groups in total. The van der Waals surface area contributed by atoms with E-state index in [1.165, 1.54) is 38.8 Å². The first-order chi connectivity index (χ1) is 5.77. The molecule has 0 bridgehead atoms. The minimum Gasteiger partial charge on any atom is -0.300 e. The zero-order valence-corrected chi connectivity index (χ0v) is 9.00. The molecule has 0 aromatic rings. The molecule has 1 heterocycles. The van der Waals surface area contributed by atoms with Gasteiger partial charge in [-0.1, -0.05) is 20.3 Å². The molecule has 0 amide bonds. The van der Waals surface area contributed by atoms with Crippen LogP contribution in [0.3, 0.4) is 0 Å². The van der Waals surface area contributed by atoms with E-state index in [2.05, 4.69) is 18.7 Å². The molecule has 1 saturated carbocycles. The SMILES string of the molecule is C.CC(C)N1CC2CCCCC2C1.[B]. The Morgan fingerprint density at radius 1 is 1.00 bits per heavy atom. The first-order valence-corrected chi connectivity index (χ1v) is 5.51. The van der Waals surface area contributed by atoms with Crippen LogP contribution in [0, 0.1) is 11.8 Å². The van der Waals surface area contributed by atoms with Gasteiger partial charge in [-0.2, -0.15) is 0 Å². The van der Waals surface area contributed by atoms with Gasteiger partial charge >= 0.3 is 0 Å². The fourth-order valence-corrected chi connectivity index (χ4v) is 2.86. The number of hydrogen-bond acceptors (Lipinski definition) is 1. The molecule has 14 heavy (non-hydrogen) atoms. The monoisotopic (exact) mass is 194 g/mol. The summed E-state index contributed by atoms with van der Waals surface area (Å²) in [5.74, 6) is 2.11. The van der Waals surface area contributed by atoms with Crippen molar-refractivity contribution in [2.45, 2.75) is 53.0 Å². The van der Waals surface area contributed by atoms with Crippen LogP contribution in [0.5, 0.6) is 0 Å². The number of fused-ring (bicyclic) bond motifs is 1. The van der Waals surface area contributed by atoms with Gasteiger partial charge in [0.05, 0.1) is 0 Å². The molecule has 0 aromatic carbocycles. The summed E-state index contributed by atoms with van der Waals surface area (Å²) in [5.41, 5.74) is 0. The molecule has 1 aliphatic carbocycles. The zero-order valence-electron chi connectivity index (χ0n) is 9.00. The van der Waals surface area contributed by atoms with Crippen molar-refractivity contribution in [2.24, 2.45) is 11.8 Å². The van der Waals surface area contributed by atoms with E-state index in [-0.39, 0.29) is 15.8 Å². The Balaban J connectivity index is 0.000000845. The van der Waals surface area contributed by atoms with Crippen LogP contribution in [-0.2, 0) is 0 Å². The van der Waals surface area contributed by atoms with Crippen molar-refractivity contribution < 1.29 is 0 Å². The summed E-state index contributed by atoms with van der Waals surface area (Å²) in [7, 11) is 0. The van der Waals surface area contributed by atoms with Crippen LogP contribution in [0.4, 0.5) is 0 Å². The standard InChI is InChI=1S/C11H21N.CH4.B/c1-9(2)12-7-10-5-3-4-6-11(10)8-12;;/h9-11H,3-8H2,1-2H3;1H4;. The lowest BCUT2D eigenvalue weighted by molar-refractivity contribution is 0.261. The molecule has 3 radical (unpaired) electrons. The molecular weight excluding hydrogens is 169 g/mol. The molecule has 2 heteroatoms. The van der Waals surface area contributed by atoms with Crippen molar-refractivity contribution in [1.82, 2.24) is 4.90 Å². The summed E-state index contributed by atoms with van der Waals surface area (Å²) in [6.07, 6.45) is 6.00. The topological polar surface area (TPSA) is 3.24 Å². The van der Waals surface area contributed by atoms with Gasteiger partial charge in [0.2, 0.25) is 0 Å². The largest absolute Gasteiger partial charge is 0.300 e. The molecular formula is C12H25BN. The third-order valence-corrected chi connectivity index (χ3v) is 3.73. The van der Waals surface area contributed by atoms with E-state index in [1.54, 1.807) is 0 Å². The second kappa shape index (κ2) is 5.80. The lowest BCUT2D eigenvalue weighted by Crippen LogP contribution is -2.28. The molecule has 2 atom stereocenters. The summed E-state index contributed by atoms with van der Waals surface area (Å²) < 4.78 is 0. The summed E-state index contributed by atoms with van der Waals surface area (Å²) in [6.45, 7) is 7.44. The van der Waals surface area contributed by atoms with Crippen LogP contribution < -0.4 is 0 Å². The Labute approximate surface area is 91.8 Å². The molecule has 2 unspecified atom stereocenters. The molecule has 0 spiro atoms. The molecule has 1 nitrogen and oxygen atoms in total. The highest BCUT2D eigenvalue weighted by atomic mass is 15.2. The second-order valence-electron chi connectivity index (χ2n) is 4.85. The fraction of sp³-hybridized carbons (Fsp3) is 1.00. The maximum Gasteiger partial charge on any atom is 0.00388 e.